The van der Waals surface area contributed by atoms with E-state index in [0.717, 1.165) is 13.1 Å². The van der Waals surface area contributed by atoms with Gasteiger partial charge in [0.25, 0.3) is 9.50 Å². The summed E-state index contributed by atoms with van der Waals surface area (Å²) in [6, 6.07) is 0. The highest BCUT2D eigenvalue weighted by atomic mass is 32.9. The molecule has 0 unspecified atom stereocenters. The Morgan fingerprint density at radius 1 is 0.840 bits per heavy atom. The zero-order chi connectivity index (χ0) is 18.8. The molecule has 2 heterocycles. The van der Waals surface area contributed by atoms with Gasteiger partial charge in [-0.15, -0.1) is 12.2 Å². The lowest BCUT2D eigenvalue weighted by atomic mass is 10.3. The van der Waals surface area contributed by atoms with Crippen LogP contribution in [0.25, 0.3) is 0 Å². The minimum Gasteiger partial charge on any atom is -0.185 e. The van der Waals surface area contributed by atoms with E-state index < -0.39 is 5.24 Å². The van der Waals surface area contributed by atoms with Crippen molar-refractivity contribution in [3.63, 3.8) is 0 Å². The molecule has 25 heavy (non-hydrogen) atoms. The molecule has 0 N–H and O–H groups in total. The monoisotopic (exact) mass is 434 g/mol. The van der Waals surface area contributed by atoms with Crippen LogP contribution in [0.1, 0.15) is 60.7 Å². The second-order valence-corrected chi connectivity index (χ2v) is 15.9. The number of hydrogen-bond donors (Lipinski definition) is 1. The summed E-state index contributed by atoms with van der Waals surface area (Å²) in [5.41, 5.74) is 2.73. The fraction of sp³-hybridized carbons (Fsp3) is 0.667. The number of aryl methyl sites for hydroxylation is 2. The minimum atomic E-state index is -2.07. The summed E-state index contributed by atoms with van der Waals surface area (Å²) in [5, 5.41) is -2.07. The van der Waals surface area contributed by atoms with E-state index >= 15 is 0 Å². The van der Waals surface area contributed by atoms with Crippen LogP contribution >= 0.6 is 40.2 Å². The number of unbranched alkanes of at least 4 members (excludes halogenated alkanes) is 2. The van der Waals surface area contributed by atoms with Crippen LogP contribution in [0.5, 0.6) is 0 Å². The maximum atomic E-state index is 6.25. The van der Waals surface area contributed by atoms with Crippen molar-refractivity contribution in [1.82, 2.24) is 0 Å². The van der Waals surface area contributed by atoms with Gasteiger partial charge in [-0.2, -0.15) is 9.13 Å². The Morgan fingerprint density at radius 2 is 1.20 bits per heavy atom. The molecule has 0 aromatic carbocycles. The fourth-order valence-electron chi connectivity index (χ4n) is 2.89. The lowest BCUT2D eigenvalue weighted by molar-refractivity contribution is -0.685. The van der Waals surface area contributed by atoms with Crippen molar-refractivity contribution in [1.29, 1.82) is 0 Å². The van der Waals surface area contributed by atoms with Crippen molar-refractivity contribution >= 4 is 61.5 Å². The number of nitrogens with zero attached hydrogens (tertiary/aromatic N) is 2. The van der Waals surface area contributed by atoms with Gasteiger partial charge in [0.1, 0.15) is 13.1 Å². The molecule has 0 atom stereocenters. The summed E-state index contributed by atoms with van der Waals surface area (Å²) in [4.78, 5) is 2.75. The first-order valence-corrected chi connectivity index (χ1v) is 14.7. The number of aromatic nitrogens is 2. The molecule has 0 saturated carbocycles. The van der Waals surface area contributed by atoms with Crippen LogP contribution < -0.4 is 18.6 Å². The smallest absolute Gasteiger partial charge is 0.185 e. The van der Waals surface area contributed by atoms with Crippen LogP contribution in [0.15, 0.2) is 0 Å². The largest absolute Gasteiger partial charge is 0.288 e. The second-order valence-electron chi connectivity index (χ2n) is 6.64. The molecule has 0 aliphatic heterocycles. The molecule has 0 radical (unpaired) electrons. The third kappa shape index (κ3) is 4.40. The van der Waals surface area contributed by atoms with Crippen molar-refractivity contribution < 1.29 is 9.13 Å². The highest BCUT2D eigenvalue weighted by molar-refractivity contribution is 8.69. The number of thiol groups is 1. The zero-order valence-corrected chi connectivity index (χ0v) is 20.5. The van der Waals surface area contributed by atoms with Crippen molar-refractivity contribution in [2.75, 3.05) is 0 Å². The van der Waals surface area contributed by atoms with Crippen molar-refractivity contribution in [2.24, 2.45) is 0 Å². The zero-order valence-electron chi connectivity index (χ0n) is 16.3. The van der Waals surface area contributed by atoms with Gasteiger partial charge in [-0.3, -0.25) is 0 Å². The van der Waals surface area contributed by atoms with Gasteiger partial charge in [0.15, 0.2) is 11.4 Å². The van der Waals surface area contributed by atoms with E-state index in [-0.39, 0.29) is 0 Å². The molecule has 2 aromatic rings. The van der Waals surface area contributed by atoms with E-state index in [4.69, 9.17) is 24.1 Å². The van der Waals surface area contributed by atoms with Crippen molar-refractivity contribution in [3.05, 3.63) is 21.1 Å². The SMILES string of the molecule is CCCC[n+]1c(P(=S)(S)c2sc(C)c(C)[n+]2CCCC)sc(C)c1C. The van der Waals surface area contributed by atoms with Crippen LogP contribution in [-0.2, 0) is 24.9 Å². The Kier molecular flexibility index (Phi) is 7.73. The highest BCUT2D eigenvalue weighted by Gasteiger charge is 2.41. The normalized spacial score (nSPS) is 12.1. The maximum absolute atomic E-state index is 6.25. The molecule has 7 heteroatoms. The van der Waals surface area contributed by atoms with Crippen LogP contribution in [0.4, 0.5) is 0 Å². The topological polar surface area (TPSA) is 7.76 Å². The minimum absolute atomic E-state index is 1.05. The molecule has 0 saturated heterocycles. The number of thiazole rings is 2. The number of hydrogen-bond acceptors (Lipinski definition) is 3. The Bertz CT molecular complexity index is 729. The molecule has 140 valence electrons. The van der Waals surface area contributed by atoms with Crippen LogP contribution in [0.2, 0.25) is 0 Å². The van der Waals surface area contributed by atoms with Gasteiger partial charge >= 0.3 is 0 Å². The summed E-state index contributed by atoms with van der Waals surface area (Å²) in [5.74, 6) is 0. The molecule has 0 aliphatic rings. The van der Waals surface area contributed by atoms with Gasteiger partial charge in [0, 0.05) is 26.7 Å². The molecule has 0 bridgehead atoms. The summed E-state index contributed by atoms with van der Waals surface area (Å²) >= 11 is 15.2. The summed E-state index contributed by atoms with van der Waals surface area (Å²) in [6.45, 7) is 15.5. The van der Waals surface area contributed by atoms with Crippen LogP contribution in [0, 0.1) is 27.7 Å². The Morgan fingerprint density at radius 3 is 1.52 bits per heavy atom. The predicted molar refractivity (Wildman–Crippen MR) is 120 cm³/mol. The highest BCUT2D eigenvalue weighted by Crippen LogP contribution is 2.50. The second kappa shape index (κ2) is 8.97. The molecule has 2 rings (SSSR count). The molecular formula is C18H31N2PS4+2. The molecule has 2 nitrogen and oxygen atoms in total. The van der Waals surface area contributed by atoms with Gasteiger partial charge in [0.2, 0.25) is 5.24 Å². The van der Waals surface area contributed by atoms with Crippen LogP contribution in [-0.4, -0.2) is 0 Å². The Balaban J connectivity index is 2.58. The van der Waals surface area contributed by atoms with Crippen molar-refractivity contribution in [2.45, 2.75) is 80.3 Å². The predicted octanol–water partition coefficient (Wildman–Crippen LogP) is 4.49. The van der Waals surface area contributed by atoms with E-state index in [1.54, 1.807) is 0 Å². The van der Waals surface area contributed by atoms with Gasteiger partial charge in [-0.05, 0) is 13.8 Å². The molecule has 0 aliphatic carbocycles. The van der Waals surface area contributed by atoms with E-state index in [9.17, 15) is 0 Å². The van der Waals surface area contributed by atoms with Gasteiger partial charge in [-0.25, -0.2) is 0 Å². The first-order chi connectivity index (χ1) is 11.8. The Hall–Kier alpha value is 0.260. The third-order valence-electron chi connectivity index (χ3n) is 4.77. The molecule has 0 amide bonds. The molecule has 0 fully saturated rings. The first-order valence-electron chi connectivity index (χ1n) is 9.09. The van der Waals surface area contributed by atoms with Crippen LogP contribution in [0.3, 0.4) is 0 Å². The van der Waals surface area contributed by atoms with E-state index in [0.29, 0.717) is 0 Å². The van der Waals surface area contributed by atoms with E-state index in [1.165, 1.54) is 56.3 Å². The fourth-order valence-corrected chi connectivity index (χ4v) is 11.1. The summed E-state index contributed by atoms with van der Waals surface area (Å²) < 4.78 is 7.54. The average Bonchev–Trinajstić information content (AvgIpc) is 3.02. The van der Waals surface area contributed by atoms with Gasteiger partial charge in [0.05, 0.1) is 9.75 Å². The van der Waals surface area contributed by atoms with Gasteiger partial charge in [-0.1, -0.05) is 61.2 Å². The van der Waals surface area contributed by atoms with Gasteiger partial charge < -0.3 is 0 Å². The summed E-state index contributed by atoms with van der Waals surface area (Å²) in [6.07, 6.45) is 4.78. The van der Waals surface area contributed by atoms with E-state index in [1.807, 2.05) is 22.7 Å². The van der Waals surface area contributed by atoms with E-state index in [2.05, 4.69) is 50.7 Å². The third-order valence-corrected chi connectivity index (χ3v) is 14.2. The molecular weight excluding hydrogens is 403 g/mol. The average molecular weight is 435 g/mol. The summed E-state index contributed by atoms with van der Waals surface area (Å²) in [7, 11) is 0. The van der Waals surface area contributed by atoms with Crippen molar-refractivity contribution in [3.8, 4) is 0 Å². The lowest BCUT2D eigenvalue weighted by Crippen LogP contribution is -2.53. The lowest BCUT2D eigenvalue weighted by Gasteiger charge is -2.09. The molecule has 2 aromatic heterocycles. The maximum Gasteiger partial charge on any atom is 0.288 e. The first kappa shape index (κ1) is 21.6. The molecule has 0 spiro atoms. The number of rotatable bonds is 8. The quantitative estimate of drug-likeness (QED) is 0.365. The standard InChI is InChI=1S/C18H30N2PS4/c1-7-9-11-19-13(3)15(5)24-17(19)21(22,23)18-20(12-10-8-2)14(4)16(6)25-18/h7-12H2,1-6H3/q+1/p+1. The Labute approximate surface area is 171 Å².